The van der Waals surface area contributed by atoms with Gasteiger partial charge in [-0.3, -0.25) is 9.36 Å². The van der Waals surface area contributed by atoms with Crippen LogP contribution in [0.15, 0.2) is 60.1 Å². The quantitative estimate of drug-likeness (QED) is 0.719. The maximum atomic E-state index is 11.9. The van der Waals surface area contributed by atoms with Crippen molar-refractivity contribution in [3.63, 3.8) is 0 Å². The number of hydrogen-bond acceptors (Lipinski definition) is 5. The Morgan fingerprint density at radius 1 is 1.22 bits per heavy atom. The summed E-state index contributed by atoms with van der Waals surface area (Å²) in [5, 5.41) is 12.1. The van der Waals surface area contributed by atoms with Gasteiger partial charge in [-0.15, -0.1) is 10.2 Å². The maximum absolute atomic E-state index is 11.9. The summed E-state index contributed by atoms with van der Waals surface area (Å²) in [6, 6.07) is 10.7. The number of hydrogen-bond donors (Lipinski definition) is 1. The van der Waals surface area contributed by atoms with Crippen molar-refractivity contribution in [2.45, 2.75) is 5.03 Å². The van der Waals surface area contributed by atoms with Crippen molar-refractivity contribution in [2.24, 2.45) is 0 Å². The number of benzene rings is 1. The summed E-state index contributed by atoms with van der Waals surface area (Å²) in [7, 11) is 0. The summed E-state index contributed by atoms with van der Waals surface area (Å²) >= 11 is 7.31. The van der Waals surface area contributed by atoms with E-state index >= 15 is 0 Å². The minimum atomic E-state index is -0.149. The highest BCUT2D eigenvalue weighted by atomic mass is 35.5. The molecule has 0 unspecified atom stereocenters. The predicted molar refractivity (Wildman–Crippen MR) is 90.0 cm³/mol. The molecule has 116 valence electrons. The summed E-state index contributed by atoms with van der Waals surface area (Å²) in [6.07, 6.45) is 5.10. The van der Waals surface area contributed by atoms with Crippen LogP contribution in [-0.4, -0.2) is 31.4 Å². The monoisotopic (exact) mass is 345 g/mol. The van der Waals surface area contributed by atoms with E-state index in [0.717, 1.165) is 0 Å². The van der Waals surface area contributed by atoms with Gasteiger partial charge in [0, 0.05) is 12.4 Å². The largest absolute Gasteiger partial charge is 0.324 e. The first-order valence-electron chi connectivity index (χ1n) is 6.71. The Morgan fingerprint density at radius 2 is 2.09 bits per heavy atom. The minimum Gasteiger partial charge on any atom is -0.324 e. The fourth-order valence-electron chi connectivity index (χ4n) is 1.81. The van der Waals surface area contributed by atoms with Crippen LogP contribution in [0.2, 0.25) is 5.02 Å². The lowest BCUT2D eigenvalue weighted by molar-refractivity contribution is -0.113. The predicted octanol–water partition coefficient (Wildman–Crippen LogP) is 3.05. The van der Waals surface area contributed by atoms with Gasteiger partial charge in [-0.1, -0.05) is 35.5 Å². The van der Waals surface area contributed by atoms with E-state index in [2.05, 4.69) is 20.5 Å². The molecule has 0 atom stereocenters. The zero-order chi connectivity index (χ0) is 16.1. The zero-order valence-electron chi connectivity index (χ0n) is 11.9. The molecule has 6 nitrogen and oxygen atoms in total. The molecule has 0 saturated carbocycles. The van der Waals surface area contributed by atoms with E-state index in [1.165, 1.54) is 11.8 Å². The molecule has 1 aromatic carbocycles. The summed E-state index contributed by atoms with van der Waals surface area (Å²) in [5.41, 5.74) is 0.598. The minimum absolute atomic E-state index is 0.149. The maximum Gasteiger partial charge on any atom is 0.234 e. The number of nitrogens with one attached hydrogen (secondary N) is 1. The number of para-hydroxylation sites is 1. The molecule has 23 heavy (non-hydrogen) atoms. The molecule has 0 radical (unpaired) electrons. The second kappa shape index (κ2) is 7.26. The van der Waals surface area contributed by atoms with Crippen LogP contribution in [0.5, 0.6) is 0 Å². The van der Waals surface area contributed by atoms with E-state index < -0.39 is 0 Å². The van der Waals surface area contributed by atoms with Crippen molar-refractivity contribution < 1.29 is 4.79 Å². The van der Waals surface area contributed by atoms with Crippen LogP contribution < -0.4 is 5.32 Å². The molecule has 1 amide bonds. The number of nitrogens with zero attached hydrogens (tertiary/aromatic N) is 4. The molecule has 0 spiro atoms. The first-order chi connectivity index (χ1) is 11.2. The fraction of sp³-hybridized carbons (Fsp3) is 0.0667. The molecular weight excluding hydrogens is 334 g/mol. The Hall–Kier alpha value is -2.38. The molecule has 0 aliphatic carbocycles. The lowest BCUT2D eigenvalue weighted by Crippen LogP contribution is -2.14. The number of amides is 1. The van der Waals surface area contributed by atoms with Gasteiger partial charge in [-0.05, 0) is 24.3 Å². The van der Waals surface area contributed by atoms with E-state index in [0.29, 0.717) is 21.6 Å². The Bertz CT molecular complexity index is 792. The Balaban J connectivity index is 1.56. The number of rotatable bonds is 5. The standard InChI is InChI=1S/C15H12ClN5OS/c16-11-3-1-2-4-12(11)18-14(22)9-23-15-6-5-13(19-20-15)21-8-7-17-10-21/h1-8,10H,9H2,(H,18,22). The van der Waals surface area contributed by atoms with Gasteiger partial charge in [0.2, 0.25) is 5.91 Å². The van der Waals surface area contributed by atoms with Gasteiger partial charge in [-0.2, -0.15) is 0 Å². The molecular formula is C15H12ClN5OS. The Kier molecular flexibility index (Phi) is 4.89. The third kappa shape index (κ3) is 4.08. The third-order valence-electron chi connectivity index (χ3n) is 2.89. The highest BCUT2D eigenvalue weighted by Gasteiger charge is 2.07. The van der Waals surface area contributed by atoms with E-state index in [9.17, 15) is 4.79 Å². The zero-order valence-corrected chi connectivity index (χ0v) is 13.5. The average Bonchev–Trinajstić information content (AvgIpc) is 3.10. The van der Waals surface area contributed by atoms with Gasteiger partial charge in [0.25, 0.3) is 0 Å². The van der Waals surface area contributed by atoms with Crippen LogP contribution >= 0.6 is 23.4 Å². The first kappa shape index (κ1) is 15.5. The topological polar surface area (TPSA) is 72.7 Å². The lowest BCUT2D eigenvalue weighted by Gasteiger charge is -2.06. The van der Waals surface area contributed by atoms with Crippen molar-refractivity contribution in [1.29, 1.82) is 0 Å². The van der Waals surface area contributed by atoms with Crippen molar-refractivity contribution in [2.75, 3.05) is 11.1 Å². The van der Waals surface area contributed by atoms with E-state index in [4.69, 9.17) is 11.6 Å². The molecule has 2 heterocycles. The number of carbonyl (C=O) groups excluding carboxylic acids is 1. The molecule has 0 saturated heterocycles. The summed E-state index contributed by atoms with van der Waals surface area (Å²) < 4.78 is 1.76. The van der Waals surface area contributed by atoms with Crippen LogP contribution in [0.4, 0.5) is 5.69 Å². The van der Waals surface area contributed by atoms with Crippen molar-refractivity contribution in [1.82, 2.24) is 19.7 Å². The van der Waals surface area contributed by atoms with Gasteiger partial charge >= 0.3 is 0 Å². The highest BCUT2D eigenvalue weighted by molar-refractivity contribution is 7.99. The second-order valence-electron chi connectivity index (χ2n) is 4.52. The Morgan fingerprint density at radius 3 is 2.78 bits per heavy atom. The highest BCUT2D eigenvalue weighted by Crippen LogP contribution is 2.21. The lowest BCUT2D eigenvalue weighted by atomic mass is 10.3. The fourth-order valence-corrected chi connectivity index (χ4v) is 2.61. The van der Waals surface area contributed by atoms with Crippen LogP contribution in [-0.2, 0) is 4.79 Å². The van der Waals surface area contributed by atoms with E-state index in [-0.39, 0.29) is 11.7 Å². The number of anilines is 1. The smallest absolute Gasteiger partial charge is 0.234 e. The van der Waals surface area contributed by atoms with Gasteiger partial charge in [0.15, 0.2) is 5.82 Å². The van der Waals surface area contributed by atoms with Crippen LogP contribution in [0.3, 0.4) is 0 Å². The molecule has 2 aromatic heterocycles. The molecule has 1 N–H and O–H groups in total. The summed E-state index contributed by atoms with van der Waals surface area (Å²) in [6.45, 7) is 0. The third-order valence-corrected chi connectivity index (χ3v) is 4.14. The molecule has 0 bridgehead atoms. The van der Waals surface area contributed by atoms with Gasteiger partial charge in [-0.25, -0.2) is 4.98 Å². The summed E-state index contributed by atoms with van der Waals surface area (Å²) in [5.74, 6) is 0.751. The van der Waals surface area contributed by atoms with Gasteiger partial charge < -0.3 is 5.32 Å². The molecule has 3 aromatic rings. The van der Waals surface area contributed by atoms with Gasteiger partial charge in [0.05, 0.1) is 16.5 Å². The van der Waals surface area contributed by atoms with Crippen molar-refractivity contribution >= 4 is 35.0 Å². The summed E-state index contributed by atoms with van der Waals surface area (Å²) in [4.78, 5) is 15.9. The second-order valence-corrected chi connectivity index (χ2v) is 5.92. The Labute approximate surface area is 141 Å². The van der Waals surface area contributed by atoms with E-state index in [1.807, 2.05) is 24.3 Å². The molecule has 0 aliphatic rings. The molecule has 0 aliphatic heterocycles. The molecule has 3 rings (SSSR count). The normalized spacial score (nSPS) is 10.5. The average molecular weight is 346 g/mol. The van der Waals surface area contributed by atoms with Crippen LogP contribution in [0, 0.1) is 0 Å². The van der Waals surface area contributed by atoms with Gasteiger partial charge in [0.1, 0.15) is 11.4 Å². The van der Waals surface area contributed by atoms with Crippen molar-refractivity contribution in [3.05, 3.63) is 60.1 Å². The van der Waals surface area contributed by atoms with Crippen LogP contribution in [0.1, 0.15) is 0 Å². The molecule has 0 fully saturated rings. The number of imidazole rings is 1. The SMILES string of the molecule is O=C(CSc1ccc(-n2ccnc2)nn1)Nc1ccccc1Cl. The van der Waals surface area contributed by atoms with E-state index in [1.54, 1.807) is 35.4 Å². The number of aromatic nitrogens is 4. The molecule has 8 heteroatoms. The number of halogens is 1. The number of carbonyl (C=O) groups is 1. The first-order valence-corrected chi connectivity index (χ1v) is 8.08. The number of thioether (sulfide) groups is 1. The van der Waals surface area contributed by atoms with Crippen molar-refractivity contribution in [3.8, 4) is 5.82 Å². The van der Waals surface area contributed by atoms with Crippen LogP contribution in [0.25, 0.3) is 5.82 Å².